The maximum Gasteiger partial charge on any atom is 0.410 e. The van der Waals surface area contributed by atoms with Gasteiger partial charge in [0.25, 0.3) is 0 Å². The number of fused-ring (bicyclic) bond motifs is 4. The van der Waals surface area contributed by atoms with Crippen molar-refractivity contribution >= 4 is 6.09 Å². The molecule has 3 saturated heterocycles. The summed E-state index contributed by atoms with van der Waals surface area (Å²) in [4.78, 5) is 17.1. The zero-order chi connectivity index (χ0) is 18.4. The predicted octanol–water partition coefficient (Wildman–Crippen LogP) is 4.12. The molecule has 1 aliphatic carbocycles. The fourth-order valence-electron chi connectivity index (χ4n) is 6.54. The van der Waals surface area contributed by atoms with Crippen LogP contribution in [0.3, 0.4) is 0 Å². The fraction of sp³-hybridized carbons (Fsp3) is 0.696. The van der Waals surface area contributed by atoms with Gasteiger partial charge in [0, 0.05) is 18.1 Å². The Balaban J connectivity index is 1.24. The van der Waals surface area contributed by atoms with Gasteiger partial charge >= 0.3 is 6.09 Å². The summed E-state index contributed by atoms with van der Waals surface area (Å²) in [6, 6.07) is 10.6. The quantitative estimate of drug-likeness (QED) is 0.787. The molecular formula is C23H32N2O2. The van der Waals surface area contributed by atoms with Crippen molar-refractivity contribution in [3.8, 4) is 0 Å². The maximum absolute atomic E-state index is 12.3. The van der Waals surface area contributed by atoms with Crippen LogP contribution in [0.15, 0.2) is 24.3 Å². The Morgan fingerprint density at radius 1 is 1.07 bits per heavy atom. The van der Waals surface area contributed by atoms with Crippen molar-refractivity contribution < 1.29 is 9.53 Å². The highest BCUT2D eigenvalue weighted by Crippen LogP contribution is 2.47. The first-order valence-corrected chi connectivity index (χ1v) is 11.0. The highest BCUT2D eigenvalue weighted by molar-refractivity contribution is 5.69. The highest BCUT2D eigenvalue weighted by Gasteiger charge is 2.47. The number of ether oxygens (including phenoxy) is 1. The second-order valence-corrected chi connectivity index (χ2v) is 9.09. The lowest BCUT2D eigenvalue weighted by molar-refractivity contribution is 0.0271. The van der Waals surface area contributed by atoms with Crippen molar-refractivity contribution in [2.45, 2.75) is 81.8 Å². The zero-order valence-electron chi connectivity index (χ0n) is 16.5. The molecule has 0 radical (unpaired) electrons. The molecule has 3 fully saturated rings. The summed E-state index contributed by atoms with van der Waals surface area (Å²) in [5, 5.41) is 0. The van der Waals surface area contributed by atoms with Crippen LogP contribution in [0, 0.1) is 0 Å². The van der Waals surface area contributed by atoms with Crippen molar-refractivity contribution in [3.05, 3.63) is 35.4 Å². The molecular weight excluding hydrogens is 336 g/mol. The van der Waals surface area contributed by atoms with Gasteiger partial charge in [-0.25, -0.2) is 4.79 Å². The van der Waals surface area contributed by atoms with E-state index in [0.717, 1.165) is 25.7 Å². The molecule has 1 amide bonds. The highest BCUT2D eigenvalue weighted by atomic mass is 16.6. The van der Waals surface area contributed by atoms with Gasteiger partial charge in [-0.2, -0.15) is 0 Å². The Morgan fingerprint density at radius 3 is 2.48 bits per heavy atom. The van der Waals surface area contributed by atoms with Gasteiger partial charge in [-0.15, -0.1) is 0 Å². The molecule has 4 heteroatoms. The van der Waals surface area contributed by atoms with E-state index in [0.29, 0.717) is 30.1 Å². The second-order valence-electron chi connectivity index (χ2n) is 9.09. The van der Waals surface area contributed by atoms with Crippen molar-refractivity contribution in [1.82, 2.24) is 9.80 Å². The Labute approximate surface area is 162 Å². The maximum atomic E-state index is 12.3. The minimum atomic E-state index is -0.0800. The molecule has 1 spiro atoms. The Morgan fingerprint density at radius 2 is 1.78 bits per heavy atom. The molecule has 27 heavy (non-hydrogen) atoms. The minimum Gasteiger partial charge on any atom is -0.450 e. The van der Waals surface area contributed by atoms with Crippen molar-refractivity contribution in [2.75, 3.05) is 19.7 Å². The molecule has 5 rings (SSSR count). The average Bonchev–Trinajstić information content (AvgIpc) is 3.18. The molecule has 2 bridgehead atoms. The van der Waals surface area contributed by atoms with E-state index in [1.54, 1.807) is 11.1 Å². The molecule has 1 aromatic rings. The second kappa shape index (κ2) is 6.80. The number of likely N-dealkylation sites (tertiary alicyclic amines) is 1. The molecule has 2 unspecified atom stereocenters. The first-order valence-electron chi connectivity index (χ1n) is 11.0. The molecule has 2 atom stereocenters. The van der Waals surface area contributed by atoms with Gasteiger partial charge in [0.15, 0.2) is 0 Å². The number of hydrogen-bond acceptors (Lipinski definition) is 3. The van der Waals surface area contributed by atoms with Crippen LogP contribution in [0.4, 0.5) is 4.79 Å². The predicted molar refractivity (Wildman–Crippen MR) is 106 cm³/mol. The van der Waals surface area contributed by atoms with E-state index in [1.165, 1.54) is 38.8 Å². The van der Waals surface area contributed by atoms with Gasteiger partial charge in [0.1, 0.15) is 0 Å². The van der Waals surface area contributed by atoms with E-state index < -0.39 is 0 Å². The third-order valence-electron chi connectivity index (χ3n) is 7.92. The topological polar surface area (TPSA) is 32.8 Å². The third-order valence-corrected chi connectivity index (χ3v) is 7.92. The van der Waals surface area contributed by atoms with Gasteiger partial charge < -0.3 is 14.5 Å². The SMILES string of the molecule is CCOC(=O)N1C2CCC1CC(N1CCC3(CCc4ccccc43)CC1)C2. The summed E-state index contributed by atoms with van der Waals surface area (Å²) in [6.45, 7) is 4.82. The summed E-state index contributed by atoms with van der Waals surface area (Å²) in [7, 11) is 0. The first kappa shape index (κ1) is 17.5. The lowest BCUT2D eigenvalue weighted by atomic mass is 9.73. The molecule has 3 aliphatic heterocycles. The number of aryl methyl sites for hydroxylation is 1. The summed E-state index contributed by atoms with van der Waals surface area (Å²) in [5.41, 5.74) is 3.67. The van der Waals surface area contributed by atoms with Crippen LogP contribution in [0.2, 0.25) is 0 Å². The summed E-state index contributed by atoms with van der Waals surface area (Å²) >= 11 is 0. The number of hydrogen-bond donors (Lipinski definition) is 0. The molecule has 0 aromatic heterocycles. The van der Waals surface area contributed by atoms with E-state index in [2.05, 4.69) is 34.1 Å². The molecule has 1 aromatic carbocycles. The number of benzene rings is 1. The van der Waals surface area contributed by atoms with Gasteiger partial charge in [-0.05, 0) is 87.9 Å². The zero-order valence-corrected chi connectivity index (χ0v) is 16.5. The van der Waals surface area contributed by atoms with Crippen LogP contribution >= 0.6 is 0 Å². The molecule has 146 valence electrons. The number of carbonyl (C=O) groups excluding carboxylic acids is 1. The van der Waals surface area contributed by atoms with Crippen LogP contribution in [-0.4, -0.2) is 53.7 Å². The lowest BCUT2D eigenvalue weighted by Crippen LogP contribution is -2.55. The standard InChI is InChI=1S/C23H32N2O2/c1-2-27-22(26)25-18-7-8-19(25)16-20(15-18)24-13-11-23(12-14-24)10-9-17-5-3-4-6-21(17)23/h3-6,18-20H,2,7-16H2,1H3. The molecule has 0 saturated carbocycles. The summed E-state index contributed by atoms with van der Waals surface area (Å²) in [5.74, 6) is 0. The largest absolute Gasteiger partial charge is 0.450 e. The first-order chi connectivity index (χ1) is 13.2. The van der Waals surface area contributed by atoms with Crippen molar-refractivity contribution in [1.29, 1.82) is 0 Å². The Kier molecular flexibility index (Phi) is 4.42. The van der Waals surface area contributed by atoms with Crippen LogP contribution in [0.25, 0.3) is 0 Å². The summed E-state index contributed by atoms with van der Waals surface area (Å²) < 4.78 is 5.31. The van der Waals surface area contributed by atoms with E-state index in [9.17, 15) is 4.79 Å². The van der Waals surface area contributed by atoms with Crippen LogP contribution < -0.4 is 0 Å². The molecule has 3 heterocycles. The normalized spacial score (nSPS) is 31.9. The Hall–Kier alpha value is -1.55. The van der Waals surface area contributed by atoms with Gasteiger partial charge in [-0.1, -0.05) is 24.3 Å². The van der Waals surface area contributed by atoms with Gasteiger partial charge in [0.05, 0.1) is 6.61 Å². The molecule has 0 N–H and O–H groups in total. The molecule has 4 aliphatic rings. The number of rotatable bonds is 2. The number of carbonyl (C=O) groups is 1. The van der Waals surface area contributed by atoms with Crippen LogP contribution in [0.1, 0.15) is 63.0 Å². The third kappa shape index (κ3) is 2.88. The molecule has 4 nitrogen and oxygen atoms in total. The number of amides is 1. The van der Waals surface area contributed by atoms with Gasteiger partial charge in [0.2, 0.25) is 0 Å². The smallest absolute Gasteiger partial charge is 0.410 e. The van der Waals surface area contributed by atoms with E-state index >= 15 is 0 Å². The van der Waals surface area contributed by atoms with Gasteiger partial charge in [-0.3, -0.25) is 0 Å². The van der Waals surface area contributed by atoms with E-state index in [1.807, 2.05) is 6.92 Å². The van der Waals surface area contributed by atoms with Crippen LogP contribution in [0.5, 0.6) is 0 Å². The van der Waals surface area contributed by atoms with Crippen molar-refractivity contribution in [3.63, 3.8) is 0 Å². The fourth-order valence-corrected chi connectivity index (χ4v) is 6.54. The lowest BCUT2D eigenvalue weighted by Gasteiger charge is -2.47. The van der Waals surface area contributed by atoms with E-state index in [4.69, 9.17) is 4.74 Å². The Bertz CT molecular complexity index is 696. The average molecular weight is 369 g/mol. The summed E-state index contributed by atoms with van der Waals surface area (Å²) in [6.07, 6.45) is 9.72. The van der Waals surface area contributed by atoms with E-state index in [-0.39, 0.29) is 6.09 Å². The minimum absolute atomic E-state index is 0.0800. The number of nitrogens with zero attached hydrogens (tertiary/aromatic N) is 2. The van der Waals surface area contributed by atoms with Crippen LogP contribution in [-0.2, 0) is 16.6 Å². The monoisotopic (exact) mass is 368 g/mol. The number of piperidine rings is 2. The van der Waals surface area contributed by atoms with Crippen molar-refractivity contribution in [2.24, 2.45) is 0 Å².